The first-order valence-corrected chi connectivity index (χ1v) is 4.92. The van der Waals surface area contributed by atoms with E-state index in [1.807, 2.05) is 0 Å². The fourth-order valence-electron chi connectivity index (χ4n) is 1.47. The predicted molar refractivity (Wildman–Crippen MR) is 57.0 cm³/mol. The molecule has 0 fully saturated rings. The number of rotatable bonds is 2. The van der Waals surface area contributed by atoms with Gasteiger partial charge in [0.05, 0.1) is 17.8 Å². The summed E-state index contributed by atoms with van der Waals surface area (Å²) in [6, 6.07) is 3.57. The quantitative estimate of drug-likeness (QED) is 0.822. The molecule has 2 rings (SSSR count). The second-order valence-corrected chi connectivity index (χ2v) is 3.61. The Kier molecular flexibility index (Phi) is 2.94. The van der Waals surface area contributed by atoms with Crippen molar-refractivity contribution in [1.29, 1.82) is 0 Å². The summed E-state index contributed by atoms with van der Waals surface area (Å²) in [5.74, 6) is -1.46. The van der Waals surface area contributed by atoms with E-state index in [1.54, 1.807) is 6.07 Å². The minimum atomic E-state index is -0.980. The average molecular weight is 244 g/mol. The molecule has 0 spiro atoms. The van der Waals surface area contributed by atoms with Crippen molar-refractivity contribution < 1.29 is 13.2 Å². The molecule has 1 aromatic heterocycles. The number of furan rings is 1. The Morgan fingerprint density at radius 2 is 1.88 bits per heavy atom. The molecule has 16 heavy (non-hydrogen) atoms. The van der Waals surface area contributed by atoms with E-state index >= 15 is 0 Å². The molecular formula is C11H8ClF2NO. The van der Waals surface area contributed by atoms with E-state index < -0.39 is 11.6 Å². The van der Waals surface area contributed by atoms with Crippen molar-refractivity contribution in [3.05, 3.63) is 46.9 Å². The first-order chi connectivity index (χ1) is 7.63. The molecule has 5 heteroatoms. The molecule has 0 saturated carbocycles. The Morgan fingerprint density at radius 3 is 2.56 bits per heavy atom. The largest absolute Gasteiger partial charge is 0.467 e. The van der Waals surface area contributed by atoms with Crippen LogP contribution in [0.5, 0.6) is 0 Å². The molecule has 0 aliphatic carbocycles. The maximum Gasteiger partial charge on any atom is 0.160 e. The molecule has 84 valence electrons. The van der Waals surface area contributed by atoms with Gasteiger partial charge in [0.15, 0.2) is 11.6 Å². The third-order valence-electron chi connectivity index (χ3n) is 2.23. The lowest BCUT2D eigenvalue weighted by molar-refractivity contribution is 0.508. The predicted octanol–water partition coefficient (Wildman–Crippen LogP) is 3.34. The van der Waals surface area contributed by atoms with Gasteiger partial charge in [-0.05, 0) is 18.2 Å². The number of benzene rings is 1. The fourth-order valence-corrected chi connectivity index (χ4v) is 1.72. The van der Waals surface area contributed by atoms with Crippen molar-refractivity contribution in [1.82, 2.24) is 0 Å². The molecule has 0 amide bonds. The smallest absolute Gasteiger partial charge is 0.160 e. The Balaban J connectivity index is 2.60. The topological polar surface area (TPSA) is 39.2 Å². The molecular weight excluding hydrogens is 236 g/mol. The number of hydrogen-bond donors (Lipinski definition) is 1. The first-order valence-electron chi connectivity index (χ1n) is 4.55. The second-order valence-electron chi connectivity index (χ2n) is 3.21. The van der Waals surface area contributed by atoms with Crippen LogP contribution in [-0.2, 0) is 6.54 Å². The molecule has 0 radical (unpaired) electrons. The van der Waals surface area contributed by atoms with Crippen LogP contribution in [0.15, 0.2) is 28.9 Å². The lowest BCUT2D eigenvalue weighted by Gasteiger charge is -2.04. The van der Waals surface area contributed by atoms with Crippen LogP contribution in [-0.4, -0.2) is 0 Å². The molecule has 2 aromatic rings. The minimum absolute atomic E-state index is 0.120. The second kappa shape index (κ2) is 4.23. The zero-order chi connectivity index (χ0) is 11.7. The normalized spacial score (nSPS) is 10.8. The molecule has 0 unspecified atom stereocenters. The molecule has 1 heterocycles. The van der Waals surface area contributed by atoms with Gasteiger partial charge in [-0.2, -0.15) is 0 Å². The maximum absolute atomic E-state index is 13.1. The number of nitrogens with two attached hydrogens (primary N) is 1. The molecule has 0 aliphatic rings. The maximum atomic E-state index is 13.1. The van der Waals surface area contributed by atoms with E-state index in [9.17, 15) is 8.78 Å². The van der Waals surface area contributed by atoms with E-state index in [4.69, 9.17) is 21.8 Å². The fraction of sp³-hybridized carbons (Fsp3) is 0.0909. The Bertz CT molecular complexity index is 525. The van der Waals surface area contributed by atoms with Crippen LogP contribution in [0, 0.1) is 11.6 Å². The zero-order valence-corrected chi connectivity index (χ0v) is 8.89. The highest BCUT2D eigenvalue weighted by Crippen LogP contribution is 2.32. The van der Waals surface area contributed by atoms with Crippen LogP contribution < -0.4 is 5.73 Å². The summed E-state index contributed by atoms with van der Waals surface area (Å²) in [5.41, 5.74) is 6.39. The third-order valence-corrected chi connectivity index (χ3v) is 2.54. The van der Waals surface area contributed by atoms with Gasteiger partial charge in [-0.3, -0.25) is 0 Å². The Hall–Kier alpha value is -1.39. The van der Waals surface area contributed by atoms with Gasteiger partial charge in [0.1, 0.15) is 5.76 Å². The van der Waals surface area contributed by atoms with Crippen molar-refractivity contribution in [3.63, 3.8) is 0 Å². The summed E-state index contributed by atoms with van der Waals surface area (Å²) in [6.45, 7) is 0.164. The highest BCUT2D eigenvalue weighted by atomic mass is 35.5. The Morgan fingerprint density at radius 1 is 1.19 bits per heavy atom. The summed E-state index contributed by atoms with van der Waals surface area (Å²) in [6.07, 6.45) is 1.43. The molecule has 0 atom stereocenters. The monoisotopic (exact) mass is 243 g/mol. The summed E-state index contributed by atoms with van der Waals surface area (Å²) in [4.78, 5) is 0. The molecule has 2 N–H and O–H groups in total. The van der Waals surface area contributed by atoms with Gasteiger partial charge in [-0.25, -0.2) is 8.78 Å². The highest BCUT2D eigenvalue weighted by Gasteiger charge is 2.14. The molecule has 0 saturated heterocycles. The van der Waals surface area contributed by atoms with Crippen LogP contribution in [0.2, 0.25) is 5.02 Å². The first kappa shape index (κ1) is 11.1. The van der Waals surface area contributed by atoms with Gasteiger partial charge in [0.2, 0.25) is 0 Å². The Labute approximate surface area is 95.6 Å². The highest BCUT2D eigenvalue weighted by molar-refractivity contribution is 6.33. The number of hydrogen-bond acceptors (Lipinski definition) is 2. The summed E-state index contributed by atoms with van der Waals surface area (Å²) in [5, 5.41) is 0.120. The van der Waals surface area contributed by atoms with Crippen molar-refractivity contribution in [2.45, 2.75) is 6.54 Å². The molecule has 1 aromatic carbocycles. The van der Waals surface area contributed by atoms with Crippen LogP contribution >= 0.6 is 11.6 Å². The van der Waals surface area contributed by atoms with Crippen LogP contribution in [0.1, 0.15) is 5.76 Å². The molecule has 2 nitrogen and oxygen atoms in total. The van der Waals surface area contributed by atoms with Gasteiger partial charge in [0.25, 0.3) is 0 Å². The van der Waals surface area contributed by atoms with Crippen LogP contribution in [0.3, 0.4) is 0 Å². The third kappa shape index (κ3) is 1.81. The van der Waals surface area contributed by atoms with Crippen LogP contribution in [0.4, 0.5) is 8.78 Å². The van der Waals surface area contributed by atoms with Crippen molar-refractivity contribution in [2.75, 3.05) is 0 Å². The number of halogens is 3. The van der Waals surface area contributed by atoms with E-state index in [1.165, 1.54) is 6.26 Å². The lowest BCUT2D eigenvalue weighted by atomic mass is 10.1. The lowest BCUT2D eigenvalue weighted by Crippen LogP contribution is -1.97. The van der Waals surface area contributed by atoms with Crippen molar-refractivity contribution >= 4 is 11.6 Å². The van der Waals surface area contributed by atoms with Gasteiger partial charge in [-0.15, -0.1) is 0 Å². The summed E-state index contributed by atoms with van der Waals surface area (Å²) < 4.78 is 31.1. The van der Waals surface area contributed by atoms with Gasteiger partial charge >= 0.3 is 0 Å². The van der Waals surface area contributed by atoms with E-state index in [0.717, 1.165) is 12.1 Å². The molecule has 0 aliphatic heterocycles. The molecule has 0 bridgehead atoms. The van der Waals surface area contributed by atoms with Gasteiger partial charge < -0.3 is 10.2 Å². The van der Waals surface area contributed by atoms with Crippen LogP contribution in [0.25, 0.3) is 11.1 Å². The average Bonchev–Trinajstić information content (AvgIpc) is 2.71. The minimum Gasteiger partial charge on any atom is -0.467 e. The zero-order valence-electron chi connectivity index (χ0n) is 8.14. The van der Waals surface area contributed by atoms with Gasteiger partial charge in [-0.1, -0.05) is 11.6 Å². The summed E-state index contributed by atoms with van der Waals surface area (Å²) >= 11 is 5.83. The van der Waals surface area contributed by atoms with E-state index in [-0.39, 0.29) is 11.6 Å². The van der Waals surface area contributed by atoms with Gasteiger partial charge in [0, 0.05) is 11.1 Å². The SMILES string of the molecule is NCc1occc1-c1cc(F)c(F)cc1Cl. The standard InChI is InChI=1S/C11H8ClF2NO/c12-8-4-10(14)9(13)3-7(8)6-1-2-16-11(6)5-15/h1-4H,5,15H2. The van der Waals surface area contributed by atoms with Crippen molar-refractivity contribution in [2.24, 2.45) is 5.73 Å². The van der Waals surface area contributed by atoms with E-state index in [2.05, 4.69) is 0 Å². The summed E-state index contributed by atoms with van der Waals surface area (Å²) in [7, 11) is 0. The van der Waals surface area contributed by atoms with Crippen molar-refractivity contribution in [3.8, 4) is 11.1 Å². The van der Waals surface area contributed by atoms with E-state index in [0.29, 0.717) is 16.9 Å².